The molecule has 2 amide bonds. The van der Waals surface area contributed by atoms with Crippen molar-refractivity contribution in [3.05, 3.63) is 101 Å². The third-order valence-corrected chi connectivity index (χ3v) is 6.37. The van der Waals surface area contributed by atoms with Crippen LogP contribution in [0.3, 0.4) is 0 Å². The molecule has 0 saturated carbocycles. The van der Waals surface area contributed by atoms with Crippen molar-refractivity contribution in [3.63, 3.8) is 0 Å². The van der Waals surface area contributed by atoms with Crippen LogP contribution in [-0.2, 0) is 4.79 Å². The van der Waals surface area contributed by atoms with Crippen molar-refractivity contribution in [2.45, 2.75) is 18.9 Å². The van der Waals surface area contributed by atoms with Crippen LogP contribution in [0.2, 0.25) is 0 Å². The summed E-state index contributed by atoms with van der Waals surface area (Å²) in [6.07, 6.45) is 1.45. The van der Waals surface area contributed by atoms with E-state index in [2.05, 4.69) is 20.6 Å². The summed E-state index contributed by atoms with van der Waals surface area (Å²) in [5.41, 5.74) is 1.33. The van der Waals surface area contributed by atoms with E-state index in [0.717, 1.165) is 18.5 Å². The van der Waals surface area contributed by atoms with E-state index in [1.807, 2.05) is 48.5 Å². The molecule has 1 aromatic heterocycles. The molecule has 182 valence electrons. The molecule has 0 spiro atoms. The van der Waals surface area contributed by atoms with E-state index in [1.165, 1.54) is 4.68 Å². The van der Waals surface area contributed by atoms with E-state index in [4.69, 9.17) is 0 Å². The summed E-state index contributed by atoms with van der Waals surface area (Å²) in [5, 5.41) is 11.4. The van der Waals surface area contributed by atoms with Gasteiger partial charge < -0.3 is 10.6 Å². The first-order valence-electron chi connectivity index (χ1n) is 12.0. The van der Waals surface area contributed by atoms with Gasteiger partial charge in [0.1, 0.15) is 0 Å². The zero-order valence-electron chi connectivity index (χ0n) is 19.8. The molecule has 0 bridgehead atoms. The Morgan fingerprint density at radius 3 is 2.14 bits per heavy atom. The van der Waals surface area contributed by atoms with Crippen LogP contribution in [-0.4, -0.2) is 52.2 Å². The van der Waals surface area contributed by atoms with Crippen LogP contribution in [0.4, 0.5) is 5.69 Å². The van der Waals surface area contributed by atoms with Gasteiger partial charge in [-0.25, -0.2) is 0 Å². The fraction of sp³-hybridized carbons (Fsp3) is 0.214. The molecule has 36 heavy (non-hydrogen) atoms. The van der Waals surface area contributed by atoms with E-state index in [-0.39, 0.29) is 29.1 Å². The van der Waals surface area contributed by atoms with Crippen molar-refractivity contribution in [1.82, 2.24) is 20.0 Å². The minimum Gasteiger partial charge on any atom is -0.348 e. The molecular weight excluding hydrogens is 454 g/mol. The summed E-state index contributed by atoms with van der Waals surface area (Å²) < 4.78 is 1.28. The zero-order valence-corrected chi connectivity index (χ0v) is 19.8. The lowest BCUT2D eigenvalue weighted by molar-refractivity contribution is -0.117. The Kier molecular flexibility index (Phi) is 6.86. The van der Waals surface area contributed by atoms with Gasteiger partial charge >= 0.3 is 0 Å². The zero-order chi connectivity index (χ0) is 24.9. The summed E-state index contributed by atoms with van der Waals surface area (Å²) in [5.74, 6) is -0.362. The molecule has 5 rings (SSSR count). The predicted molar refractivity (Wildman–Crippen MR) is 139 cm³/mol. The summed E-state index contributed by atoms with van der Waals surface area (Å²) in [6.45, 7) is 1.71. The molecule has 1 saturated heterocycles. The van der Waals surface area contributed by atoms with Crippen LogP contribution < -0.4 is 16.2 Å². The first-order valence-corrected chi connectivity index (χ1v) is 12.0. The summed E-state index contributed by atoms with van der Waals surface area (Å²) >= 11 is 0. The number of nitrogens with zero attached hydrogens (tertiary/aromatic N) is 3. The summed E-state index contributed by atoms with van der Waals surface area (Å²) in [4.78, 5) is 40.8. The number of likely N-dealkylation sites (tertiary alicyclic amines) is 1. The Balaban J connectivity index is 1.26. The van der Waals surface area contributed by atoms with Gasteiger partial charge in [0.15, 0.2) is 5.69 Å². The lowest BCUT2D eigenvalue weighted by Gasteiger charge is -2.31. The topological polar surface area (TPSA) is 96.3 Å². The molecule has 4 aromatic rings. The Morgan fingerprint density at radius 1 is 0.833 bits per heavy atom. The number of fused-ring (bicyclic) bond motifs is 1. The summed E-state index contributed by atoms with van der Waals surface area (Å²) in [6, 6.07) is 25.5. The SMILES string of the molecule is O=C(CN1CCC(NC(=O)c2nn(-c3ccccc3)c(=O)c3ccccc23)CC1)Nc1ccccc1. The maximum Gasteiger partial charge on any atom is 0.279 e. The van der Waals surface area contributed by atoms with Crippen LogP contribution in [0.1, 0.15) is 23.3 Å². The third-order valence-electron chi connectivity index (χ3n) is 6.37. The Morgan fingerprint density at radius 2 is 1.44 bits per heavy atom. The molecule has 3 aromatic carbocycles. The molecule has 0 radical (unpaired) electrons. The van der Waals surface area contributed by atoms with Crippen molar-refractivity contribution >= 4 is 28.3 Å². The highest BCUT2D eigenvalue weighted by atomic mass is 16.2. The third kappa shape index (κ3) is 5.18. The molecule has 2 heterocycles. The normalized spacial score (nSPS) is 14.4. The van der Waals surface area contributed by atoms with E-state index in [9.17, 15) is 14.4 Å². The van der Waals surface area contributed by atoms with Gasteiger partial charge in [-0.05, 0) is 43.2 Å². The first kappa shape index (κ1) is 23.4. The van der Waals surface area contributed by atoms with Crippen LogP contribution in [0.15, 0.2) is 89.7 Å². The van der Waals surface area contributed by atoms with Crippen LogP contribution in [0.5, 0.6) is 0 Å². The standard InChI is InChI=1S/C28H27N5O3/c34-25(29-20-9-3-1-4-10-20)19-32-17-15-21(16-18-32)30-27(35)26-23-13-7-8-14-24(23)28(36)33(31-26)22-11-5-2-6-12-22/h1-14,21H,15-19H2,(H,29,34)(H,30,35). The number of carbonyl (C=O) groups is 2. The quantitative estimate of drug-likeness (QED) is 0.441. The Hall–Kier alpha value is -4.30. The van der Waals surface area contributed by atoms with Gasteiger partial charge in [-0.3, -0.25) is 19.3 Å². The predicted octanol–water partition coefficient (Wildman–Crippen LogP) is 3.22. The van der Waals surface area contributed by atoms with Gasteiger partial charge in [0, 0.05) is 30.2 Å². The van der Waals surface area contributed by atoms with E-state index in [0.29, 0.717) is 36.1 Å². The molecule has 8 heteroatoms. The first-order chi connectivity index (χ1) is 17.6. The van der Waals surface area contributed by atoms with Crippen molar-refractivity contribution in [1.29, 1.82) is 0 Å². The maximum atomic E-state index is 13.3. The Labute approximate surface area is 208 Å². The number of hydrogen-bond acceptors (Lipinski definition) is 5. The fourth-order valence-electron chi connectivity index (χ4n) is 4.52. The number of amides is 2. The molecular formula is C28H27N5O3. The molecule has 0 atom stereocenters. The van der Waals surface area contributed by atoms with Gasteiger partial charge in [0.05, 0.1) is 17.6 Å². The number of piperidine rings is 1. The maximum absolute atomic E-state index is 13.3. The minimum absolute atomic E-state index is 0.0383. The van der Waals surface area contributed by atoms with Crippen molar-refractivity contribution in [3.8, 4) is 5.69 Å². The molecule has 8 nitrogen and oxygen atoms in total. The van der Waals surface area contributed by atoms with E-state index < -0.39 is 0 Å². The molecule has 0 unspecified atom stereocenters. The fourth-order valence-corrected chi connectivity index (χ4v) is 4.52. The lowest BCUT2D eigenvalue weighted by atomic mass is 10.0. The van der Waals surface area contributed by atoms with Gasteiger partial charge in [0.25, 0.3) is 11.5 Å². The number of nitrogens with one attached hydrogen (secondary N) is 2. The van der Waals surface area contributed by atoms with Crippen LogP contribution in [0, 0.1) is 0 Å². The highest BCUT2D eigenvalue weighted by Gasteiger charge is 2.25. The van der Waals surface area contributed by atoms with Crippen molar-refractivity contribution in [2.24, 2.45) is 0 Å². The van der Waals surface area contributed by atoms with Gasteiger partial charge in [0.2, 0.25) is 5.91 Å². The second kappa shape index (κ2) is 10.5. The van der Waals surface area contributed by atoms with E-state index >= 15 is 0 Å². The van der Waals surface area contributed by atoms with E-state index in [1.54, 1.807) is 36.4 Å². The van der Waals surface area contributed by atoms with Crippen LogP contribution >= 0.6 is 0 Å². The number of anilines is 1. The molecule has 1 fully saturated rings. The lowest BCUT2D eigenvalue weighted by Crippen LogP contribution is -2.47. The van der Waals surface area contributed by atoms with Gasteiger partial charge in [-0.1, -0.05) is 54.6 Å². The van der Waals surface area contributed by atoms with Gasteiger partial charge in [-0.15, -0.1) is 0 Å². The second-order valence-corrected chi connectivity index (χ2v) is 8.88. The molecule has 1 aliphatic rings. The molecule has 2 N–H and O–H groups in total. The smallest absolute Gasteiger partial charge is 0.279 e. The van der Waals surface area contributed by atoms with Crippen LogP contribution in [0.25, 0.3) is 16.5 Å². The van der Waals surface area contributed by atoms with Crippen molar-refractivity contribution < 1.29 is 9.59 Å². The number of benzene rings is 3. The average molecular weight is 482 g/mol. The Bertz CT molecular complexity index is 1430. The summed E-state index contributed by atoms with van der Waals surface area (Å²) in [7, 11) is 0. The highest BCUT2D eigenvalue weighted by molar-refractivity contribution is 6.05. The number of para-hydroxylation sites is 2. The monoisotopic (exact) mass is 481 g/mol. The molecule has 0 aliphatic carbocycles. The number of rotatable bonds is 6. The highest BCUT2D eigenvalue weighted by Crippen LogP contribution is 2.17. The number of carbonyl (C=O) groups excluding carboxylic acids is 2. The molecule has 1 aliphatic heterocycles. The second-order valence-electron chi connectivity index (χ2n) is 8.88. The largest absolute Gasteiger partial charge is 0.348 e. The number of aromatic nitrogens is 2. The van der Waals surface area contributed by atoms with Gasteiger partial charge in [-0.2, -0.15) is 9.78 Å². The number of hydrogen-bond donors (Lipinski definition) is 2. The van der Waals surface area contributed by atoms with Crippen molar-refractivity contribution in [2.75, 3.05) is 25.0 Å². The average Bonchev–Trinajstić information content (AvgIpc) is 2.91. The minimum atomic E-state index is -0.309.